The van der Waals surface area contributed by atoms with Gasteiger partial charge in [0, 0.05) is 5.69 Å². The number of nitrogens with zero attached hydrogens (tertiary/aromatic N) is 1. The molecule has 0 fully saturated rings. The van der Waals surface area contributed by atoms with Gasteiger partial charge >= 0.3 is 0 Å². The molecule has 0 spiro atoms. The van der Waals surface area contributed by atoms with Gasteiger partial charge in [0.05, 0.1) is 28.6 Å². The molecule has 0 atom stereocenters. The Morgan fingerprint density at radius 2 is 1.73 bits per heavy atom. The zero-order valence-electron chi connectivity index (χ0n) is 8.38. The zero-order chi connectivity index (χ0) is 10.9. The van der Waals surface area contributed by atoms with Gasteiger partial charge in [-0.25, -0.2) is 9.19 Å². The Morgan fingerprint density at radius 3 is 2.07 bits per heavy atom. The van der Waals surface area contributed by atoms with Gasteiger partial charge in [-0.3, -0.25) is 0 Å². The first-order chi connectivity index (χ1) is 7.34. The first kappa shape index (κ1) is 11.4. The van der Waals surface area contributed by atoms with Gasteiger partial charge in [-0.1, -0.05) is 36.4 Å². The number of aromatic amines is 1. The van der Waals surface area contributed by atoms with E-state index in [1.807, 2.05) is 43.3 Å². The number of rotatable bonds is 1. The third-order valence-electron chi connectivity index (χ3n) is 1.70. The van der Waals surface area contributed by atoms with Crippen LogP contribution in [0.5, 0.6) is 0 Å². The molecule has 1 heterocycles. The number of H-pyrrole nitrogens is 1. The summed E-state index contributed by atoms with van der Waals surface area (Å²) in [5, 5.41) is 1.46. The van der Waals surface area contributed by atoms with Crippen molar-refractivity contribution in [2.24, 2.45) is 0 Å². The van der Waals surface area contributed by atoms with Crippen LogP contribution in [0.1, 0.15) is 11.4 Å². The second-order valence-electron chi connectivity index (χ2n) is 2.78. The number of aryl methyl sites for hydroxylation is 1. The van der Waals surface area contributed by atoms with E-state index in [0.29, 0.717) is 11.3 Å². The highest BCUT2D eigenvalue weighted by atomic mass is 32.1. The van der Waals surface area contributed by atoms with Gasteiger partial charge in [-0.15, -0.1) is 0 Å². The minimum atomic E-state index is 0.416. The van der Waals surface area contributed by atoms with E-state index in [1.165, 1.54) is 5.37 Å². The van der Waals surface area contributed by atoms with Gasteiger partial charge in [-0.2, -0.15) is 0 Å². The maximum absolute atomic E-state index is 9.96. The summed E-state index contributed by atoms with van der Waals surface area (Å²) >= 11 is 0.416. The lowest BCUT2D eigenvalue weighted by Crippen LogP contribution is -1.82. The van der Waals surface area contributed by atoms with Gasteiger partial charge in [-0.05, 0) is 6.92 Å². The Labute approximate surface area is 92.3 Å². The van der Waals surface area contributed by atoms with Crippen LogP contribution in [-0.4, -0.2) is 19.5 Å². The first-order valence-electron chi connectivity index (χ1n) is 4.46. The van der Waals surface area contributed by atoms with E-state index in [0.717, 1.165) is 11.4 Å². The Hall–Kier alpha value is -1.68. The van der Waals surface area contributed by atoms with Crippen LogP contribution in [0, 0.1) is 6.92 Å². The molecule has 0 aliphatic rings. The van der Waals surface area contributed by atoms with Crippen molar-refractivity contribution >= 4 is 16.6 Å². The number of benzene rings is 1. The summed E-state index contributed by atoms with van der Waals surface area (Å²) in [6.45, 7) is 1.87. The molecule has 0 unspecified atom stereocenters. The average Bonchev–Trinajstić information content (AvgIpc) is 2.69. The summed E-state index contributed by atoms with van der Waals surface area (Å²) in [6, 6.07) is 12.0. The van der Waals surface area contributed by atoms with E-state index in [2.05, 4.69) is 9.97 Å². The zero-order valence-corrected chi connectivity index (χ0v) is 9.20. The predicted molar refractivity (Wildman–Crippen MR) is 63.1 cm³/mol. The molecule has 0 saturated heterocycles. The summed E-state index contributed by atoms with van der Waals surface area (Å²) < 4.78 is 9.96. The molecule has 0 amide bonds. The van der Waals surface area contributed by atoms with Crippen LogP contribution in [0.25, 0.3) is 0 Å². The van der Waals surface area contributed by atoms with Crippen LogP contribution in [0.15, 0.2) is 42.7 Å². The van der Waals surface area contributed by atoms with Crippen molar-refractivity contribution in [2.45, 2.75) is 6.92 Å². The molecule has 1 aromatic carbocycles. The third kappa shape index (κ3) is 4.37. The van der Waals surface area contributed by atoms with Crippen LogP contribution >= 0.6 is 0 Å². The molecule has 0 aliphatic heterocycles. The van der Waals surface area contributed by atoms with Crippen molar-refractivity contribution in [1.82, 2.24) is 9.97 Å². The van der Waals surface area contributed by atoms with Crippen LogP contribution in [0.2, 0.25) is 0 Å². The fourth-order valence-corrected chi connectivity index (χ4v) is 1.25. The maximum Gasteiger partial charge on any atom is 0.0968 e. The molecule has 2 aromatic rings. The first-order valence-corrected chi connectivity index (χ1v) is 5.27. The predicted octanol–water partition coefficient (Wildman–Crippen LogP) is 1.77. The Bertz CT molecular complexity index is 406. The van der Waals surface area contributed by atoms with E-state index < -0.39 is 0 Å². The SMILES string of the molecule is Cc1[nH]cnc1C=S=O.c1ccccc1. The summed E-state index contributed by atoms with van der Waals surface area (Å²) in [4.78, 5) is 6.73. The molecule has 0 bridgehead atoms. The van der Waals surface area contributed by atoms with Crippen LogP contribution in [0.3, 0.4) is 0 Å². The second kappa shape index (κ2) is 6.73. The Kier molecular flexibility index (Phi) is 5.11. The molecule has 0 aliphatic carbocycles. The Morgan fingerprint density at radius 1 is 1.20 bits per heavy atom. The summed E-state index contributed by atoms with van der Waals surface area (Å²) in [7, 11) is 0. The lowest BCUT2D eigenvalue weighted by Gasteiger charge is -1.80. The van der Waals surface area contributed by atoms with Gasteiger partial charge in [0.2, 0.25) is 0 Å². The second-order valence-corrected chi connectivity index (χ2v) is 3.21. The molecule has 1 aromatic heterocycles. The van der Waals surface area contributed by atoms with E-state index in [9.17, 15) is 4.21 Å². The van der Waals surface area contributed by atoms with E-state index in [1.54, 1.807) is 6.33 Å². The largest absolute Gasteiger partial charge is 0.348 e. The summed E-state index contributed by atoms with van der Waals surface area (Å²) in [5.74, 6) is 0. The van der Waals surface area contributed by atoms with E-state index in [-0.39, 0.29) is 0 Å². The molecule has 4 heteroatoms. The molecule has 1 N–H and O–H groups in total. The number of hydrogen-bond acceptors (Lipinski definition) is 2. The van der Waals surface area contributed by atoms with Crippen molar-refractivity contribution < 1.29 is 4.21 Å². The van der Waals surface area contributed by atoms with E-state index >= 15 is 0 Å². The number of imidazole rings is 1. The van der Waals surface area contributed by atoms with E-state index in [4.69, 9.17) is 0 Å². The highest BCUT2D eigenvalue weighted by molar-refractivity contribution is 7.65. The highest BCUT2D eigenvalue weighted by Gasteiger charge is 1.93. The molecule has 2 rings (SSSR count). The monoisotopic (exact) mass is 220 g/mol. The third-order valence-corrected chi connectivity index (χ3v) is 2.01. The molecule has 78 valence electrons. The maximum atomic E-state index is 9.96. The van der Waals surface area contributed by atoms with Gasteiger partial charge in [0.1, 0.15) is 0 Å². The fourth-order valence-electron chi connectivity index (χ4n) is 0.919. The minimum Gasteiger partial charge on any atom is -0.348 e. The summed E-state index contributed by atoms with van der Waals surface area (Å²) in [5.41, 5.74) is 1.66. The molecule has 0 saturated carbocycles. The number of hydrogen-bond donors (Lipinski definition) is 1. The van der Waals surface area contributed by atoms with Crippen molar-refractivity contribution in [3.63, 3.8) is 0 Å². The minimum absolute atomic E-state index is 0.416. The quantitative estimate of drug-likeness (QED) is 0.744. The lowest BCUT2D eigenvalue weighted by atomic mass is 10.4. The van der Waals surface area contributed by atoms with Crippen LogP contribution in [-0.2, 0) is 11.3 Å². The standard InChI is InChI=1S/C6H6.C5H6N2OS/c1-2-4-6-5-3-1;1-4-5(2-9-8)7-3-6-4/h1-6H;2-3H,1H3,(H,6,7). The lowest BCUT2D eigenvalue weighted by molar-refractivity contribution is 0.701. The fraction of sp³-hybridized carbons (Fsp3) is 0.0909. The Balaban J connectivity index is 0.000000162. The molecule has 0 radical (unpaired) electrons. The topological polar surface area (TPSA) is 45.8 Å². The van der Waals surface area contributed by atoms with Crippen molar-refractivity contribution in [3.05, 3.63) is 54.1 Å². The molecule has 3 nitrogen and oxygen atoms in total. The smallest absolute Gasteiger partial charge is 0.0968 e. The molecule has 15 heavy (non-hydrogen) atoms. The number of aromatic nitrogens is 2. The van der Waals surface area contributed by atoms with Crippen molar-refractivity contribution in [2.75, 3.05) is 0 Å². The summed E-state index contributed by atoms with van der Waals surface area (Å²) in [6.07, 6.45) is 1.57. The van der Waals surface area contributed by atoms with Gasteiger partial charge < -0.3 is 4.98 Å². The van der Waals surface area contributed by atoms with Crippen LogP contribution in [0.4, 0.5) is 0 Å². The van der Waals surface area contributed by atoms with Gasteiger partial charge in [0.15, 0.2) is 0 Å². The van der Waals surface area contributed by atoms with Crippen LogP contribution < -0.4 is 0 Å². The normalized spacial score (nSPS) is 8.60. The molecular weight excluding hydrogens is 208 g/mol. The molecular formula is C11H12N2OS. The van der Waals surface area contributed by atoms with Crippen molar-refractivity contribution in [1.29, 1.82) is 0 Å². The van der Waals surface area contributed by atoms with Gasteiger partial charge in [0.25, 0.3) is 0 Å². The van der Waals surface area contributed by atoms with Crippen molar-refractivity contribution in [3.8, 4) is 0 Å². The number of nitrogens with one attached hydrogen (secondary N) is 1. The average molecular weight is 220 g/mol. The highest BCUT2D eigenvalue weighted by Crippen LogP contribution is 1.93.